The maximum absolute atomic E-state index is 13.7. The van der Waals surface area contributed by atoms with Crippen molar-refractivity contribution in [3.63, 3.8) is 0 Å². The van der Waals surface area contributed by atoms with Crippen molar-refractivity contribution in [1.82, 2.24) is 73.3 Å². The Balaban J connectivity index is 0.000000113. The minimum Gasteiger partial charge on any atom is -0.465 e. The van der Waals surface area contributed by atoms with Gasteiger partial charge in [0.2, 0.25) is 0 Å². The number of methoxy groups -OCH3 is 1. The number of halogens is 3. The monoisotopic (exact) mass is 1590 g/mol. The summed E-state index contributed by atoms with van der Waals surface area (Å²) in [5.74, 6) is -1.11. The zero-order valence-electron chi connectivity index (χ0n) is 68.2. The molecule has 10 heterocycles. The van der Waals surface area contributed by atoms with Crippen molar-refractivity contribution in [2.75, 3.05) is 7.11 Å². The van der Waals surface area contributed by atoms with Gasteiger partial charge in [0, 0.05) is 120 Å². The molecule has 20 heteroatoms. The molecule has 20 rings (SSSR count). The topological polar surface area (TPSA) is 191 Å². The number of benzene rings is 10. The molecule has 121 heavy (non-hydrogen) atoms. The molecule has 10 aromatic carbocycles. The predicted octanol–water partition coefficient (Wildman–Crippen LogP) is 23.2. The highest BCUT2D eigenvalue weighted by Gasteiger charge is 2.21. The second kappa shape index (κ2) is 34.8. The van der Waals surface area contributed by atoms with Gasteiger partial charge in [-0.1, -0.05) is 102 Å². The van der Waals surface area contributed by atoms with Gasteiger partial charge in [0.1, 0.15) is 17.5 Å². The van der Waals surface area contributed by atoms with Crippen LogP contribution in [-0.2, 0) is 32.9 Å². The maximum Gasteiger partial charge on any atom is 0.340 e. The molecule has 20 aromatic rings. The van der Waals surface area contributed by atoms with Crippen molar-refractivity contribution in [3.8, 4) is 112 Å². The standard InChI is InChI=1S/C21H16FN3O2.2C20H16FN3.2C20H17N3/c1-12-8-13(5-6-18(12)22)19-16(4-3-7-23-19)14-9-15-11-24-25-20(15)17(10-14)21(26)27-2;1-13-10-15(5-7-17(13)21)20-16(4-3-9-22-20)14-6-8-19-18(11-14)23-12-24(19)2;1-13-10-15(5-7-17(13)21)20-16(4-3-9-22-20)14-6-8-18-19(11-14)24(2)12-23-18;1-14-5-3-6-16(11-14)20-17(7-4-10-21-20)15-8-9-19-18(12-15)22-13-23(19)2;1-14-5-3-6-16(11-14)20-17(7-4-10-21-20)15-8-9-18-19(12-15)23(2)13-22-18/h3-11H,1-2H3,(H,24,25);2*3-12H,1-2H3;2*3-13H,1-2H3. The molecule has 0 aliphatic rings. The lowest BCUT2D eigenvalue weighted by Crippen LogP contribution is -2.03. The van der Waals surface area contributed by atoms with Crippen molar-refractivity contribution in [3.05, 3.63) is 362 Å². The highest BCUT2D eigenvalue weighted by Crippen LogP contribution is 2.39. The number of aryl methyl sites for hydroxylation is 9. The van der Waals surface area contributed by atoms with E-state index < -0.39 is 5.97 Å². The van der Waals surface area contributed by atoms with Crippen LogP contribution in [0.4, 0.5) is 13.2 Å². The number of H-pyrrole nitrogens is 1. The Kier molecular flexibility index (Phi) is 22.8. The second-order valence-corrected chi connectivity index (χ2v) is 29.7. The average Bonchev–Trinajstić information content (AvgIpc) is 1.75. The molecule has 10 aromatic heterocycles. The first-order chi connectivity index (χ1) is 58.8. The van der Waals surface area contributed by atoms with Crippen molar-refractivity contribution in [2.45, 2.75) is 34.6 Å². The Labute approximate surface area is 696 Å². The lowest BCUT2D eigenvalue weighted by atomic mass is 9.96. The molecule has 0 saturated carbocycles. The van der Waals surface area contributed by atoms with Gasteiger partial charge in [-0.05, 0) is 237 Å². The summed E-state index contributed by atoms with van der Waals surface area (Å²) in [7, 11) is 9.33. The summed E-state index contributed by atoms with van der Waals surface area (Å²) in [6.45, 7) is 9.46. The highest BCUT2D eigenvalue weighted by molar-refractivity contribution is 6.05. The van der Waals surface area contributed by atoms with Crippen molar-refractivity contribution in [2.24, 2.45) is 28.2 Å². The summed E-state index contributed by atoms with van der Waals surface area (Å²) >= 11 is 0. The summed E-state index contributed by atoms with van der Waals surface area (Å²) in [5, 5.41) is 7.65. The van der Waals surface area contributed by atoms with Crippen molar-refractivity contribution < 1.29 is 22.7 Å². The summed E-state index contributed by atoms with van der Waals surface area (Å²) < 4.78 is 53.8. The van der Waals surface area contributed by atoms with E-state index in [9.17, 15) is 18.0 Å². The molecule has 17 nitrogen and oxygen atoms in total. The lowest BCUT2D eigenvalue weighted by molar-refractivity contribution is 0.0602. The zero-order valence-corrected chi connectivity index (χ0v) is 68.2. The molecule has 594 valence electrons. The van der Waals surface area contributed by atoms with Gasteiger partial charge < -0.3 is 23.0 Å². The molecule has 0 radical (unpaired) electrons. The third-order valence-electron chi connectivity index (χ3n) is 21.3. The van der Waals surface area contributed by atoms with Crippen LogP contribution in [0.2, 0.25) is 0 Å². The van der Waals surface area contributed by atoms with Crippen LogP contribution in [-0.4, -0.2) is 86.4 Å². The Bertz CT molecular complexity index is 7260. The number of ether oxygens (including phenoxy) is 1. The number of hydrogen-bond acceptors (Lipinski definition) is 12. The van der Waals surface area contributed by atoms with E-state index in [0.717, 1.165) is 156 Å². The van der Waals surface area contributed by atoms with E-state index in [-0.39, 0.29) is 17.5 Å². The van der Waals surface area contributed by atoms with Crippen LogP contribution >= 0.6 is 0 Å². The van der Waals surface area contributed by atoms with Crippen LogP contribution in [0.25, 0.3) is 167 Å². The fourth-order valence-electron chi connectivity index (χ4n) is 15.0. The first-order valence-electron chi connectivity index (χ1n) is 39.2. The number of fused-ring (bicyclic) bond motifs is 5. The van der Waals surface area contributed by atoms with Crippen molar-refractivity contribution in [1.29, 1.82) is 0 Å². The maximum atomic E-state index is 13.7. The Morgan fingerprint density at radius 3 is 1.01 bits per heavy atom. The second-order valence-electron chi connectivity index (χ2n) is 29.7. The summed E-state index contributed by atoms with van der Waals surface area (Å²) in [6, 6.07) is 80.7. The molecule has 0 aliphatic heterocycles. The summed E-state index contributed by atoms with van der Waals surface area (Å²) in [6.07, 6.45) is 17.9. The highest BCUT2D eigenvalue weighted by atomic mass is 19.1. The molecule has 0 unspecified atom stereocenters. The number of carbonyl (C=O) groups excluding carboxylic acids is 1. The van der Waals surface area contributed by atoms with Crippen LogP contribution in [0.3, 0.4) is 0 Å². The quantitative estimate of drug-likeness (QED) is 0.121. The molecule has 0 saturated heterocycles. The number of rotatable bonds is 11. The molecule has 1 N–H and O–H groups in total. The Morgan fingerprint density at radius 1 is 0.314 bits per heavy atom. The van der Waals surface area contributed by atoms with E-state index in [1.165, 1.54) is 36.4 Å². The van der Waals surface area contributed by atoms with Gasteiger partial charge in [-0.15, -0.1) is 0 Å². The number of pyridine rings is 5. The number of aromatic nitrogens is 15. The fourth-order valence-corrected chi connectivity index (χ4v) is 15.0. The van der Waals surface area contributed by atoms with Gasteiger partial charge in [0.05, 0.1) is 122 Å². The van der Waals surface area contributed by atoms with Crippen LogP contribution in [0.5, 0.6) is 0 Å². The minimum absolute atomic E-state index is 0.201. The van der Waals surface area contributed by atoms with E-state index in [1.807, 2.05) is 163 Å². The number of carbonyl (C=O) groups is 1. The van der Waals surface area contributed by atoms with Gasteiger partial charge in [-0.2, -0.15) is 5.10 Å². The van der Waals surface area contributed by atoms with Gasteiger partial charge in [0.25, 0.3) is 0 Å². The van der Waals surface area contributed by atoms with E-state index >= 15 is 0 Å². The molecule has 0 spiro atoms. The molecular weight excluding hydrogens is 1510 g/mol. The first-order valence-corrected chi connectivity index (χ1v) is 39.2. The molecular formula is C101H82F3N15O2. The smallest absolute Gasteiger partial charge is 0.340 e. The SMILES string of the molecule is COC(=O)c1cc(-c2cccnc2-c2ccc(F)c(C)c2)cc2cn[nH]c12.Cc1cc(-c2ncccc2-c2ccc3c(c2)ncn3C)ccc1F.Cc1cc(-c2ncccc2-c2ccc3ncn(C)c3c2)ccc1F.Cc1cccc(-c2ncccc2-c2ccc3c(c2)ncn3C)c1.Cc1cccc(-c2ncccc2-c2ccc3ncn(C)c3c2)c1. The van der Waals surface area contributed by atoms with Crippen LogP contribution in [0.15, 0.2) is 311 Å². The predicted molar refractivity (Wildman–Crippen MR) is 477 cm³/mol. The minimum atomic E-state index is -0.450. The fraction of sp³-hybridized carbons (Fsp3) is 0.0990. The molecule has 0 amide bonds. The van der Waals surface area contributed by atoms with Gasteiger partial charge in [-0.25, -0.2) is 37.9 Å². The first kappa shape index (κ1) is 79.4. The average molecular weight is 1590 g/mol. The van der Waals surface area contributed by atoms with Gasteiger partial charge in [0.15, 0.2) is 0 Å². The zero-order chi connectivity index (χ0) is 84.0. The van der Waals surface area contributed by atoms with E-state index in [1.54, 1.807) is 75.9 Å². The molecule has 0 aliphatic carbocycles. The Hall–Kier alpha value is -15.4. The lowest BCUT2D eigenvalue weighted by Gasteiger charge is -2.11. The Morgan fingerprint density at radius 2 is 0.645 bits per heavy atom. The number of nitrogens with zero attached hydrogens (tertiary/aromatic N) is 14. The number of nitrogens with one attached hydrogen (secondary N) is 1. The van der Waals surface area contributed by atoms with E-state index in [0.29, 0.717) is 33.5 Å². The summed E-state index contributed by atoms with van der Waals surface area (Å²) in [4.78, 5) is 52.7. The third kappa shape index (κ3) is 17.0. The van der Waals surface area contributed by atoms with Gasteiger partial charge >= 0.3 is 5.97 Å². The third-order valence-corrected chi connectivity index (χ3v) is 21.3. The van der Waals surface area contributed by atoms with E-state index in [4.69, 9.17) is 4.74 Å². The molecule has 0 bridgehead atoms. The van der Waals surface area contributed by atoms with Crippen LogP contribution in [0.1, 0.15) is 38.2 Å². The number of imidazole rings is 4. The van der Waals surface area contributed by atoms with Crippen LogP contribution < -0.4 is 0 Å². The van der Waals surface area contributed by atoms with Crippen molar-refractivity contribution >= 4 is 61.0 Å². The van der Waals surface area contributed by atoms with Crippen LogP contribution in [0, 0.1) is 52.1 Å². The number of esters is 1. The normalized spacial score (nSPS) is 11.0. The number of hydrogen-bond donors (Lipinski definition) is 1. The number of aromatic amines is 1. The molecule has 0 atom stereocenters. The molecule has 0 fully saturated rings. The van der Waals surface area contributed by atoms with Gasteiger partial charge in [-0.3, -0.25) is 30.0 Å². The largest absolute Gasteiger partial charge is 0.465 e. The van der Waals surface area contributed by atoms with E-state index in [2.05, 4.69) is 190 Å². The summed E-state index contributed by atoms with van der Waals surface area (Å²) in [5.41, 5.74) is 33.3.